The number of carbonyl (C=O) groups excluding carboxylic acids is 1. The summed E-state index contributed by atoms with van der Waals surface area (Å²) in [5.74, 6) is 1.08. The van der Waals surface area contributed by atoms with E-state index in [1.807, 2.05) is 6.07 Å². The number of carbonyl (C=O) groups is 1. The van der Waals surface area contributed by atoms with Crippen LogP contribution in [0.4, 0.5) is 0 Å². The predicted molar refractivity (Wildman–Crippen MR) is 63.4 cm³/mol. The summed E-state index contributed by atoms with van der Waals surface area (Å²) in [4.78, 5) is 11.3. The molecule has 17 heavy (non-hydrogen) atoms. The van der Waals surface area contributed by atoms with Crippen molar-refractivity contribution in [1.82, 2.24) is 5.16 Å². The van der Waals surface area contributed by atoms with Gasteiger partial charge >= 0.3 is 0 Å². The lowest BCUT2D eigenvalue weighted by molar-refractivity contribution is 0.108. The van der Waals surface area contributed by atoms with Gasteiger partial charge in [-0.05, 0) is 30.7 Å². The molecule has 5 heteroatoms. The second-order valence-electron chi connectivity index (χ2n) is 3.47. The van der Waals surface area contributed by atoms with E-state index in [0.29, 0.717) is 22.8 Å². The van der Waals surface area contributed by atoms with Gasteiger partial charge in [-0.2, -0.15) is 0 Å². The zero-order valence-corrected chi connectivity index (χ0v) is 10.1. The fourth-order valence-corrected chi connectivity index (χ4v) is 1.79. The van der Waals surface area contributed by atoms with Gasteiger partial charge in [0.1, 0.15) is 22.8 Å². The van der Waals surface area contributed by atoms with Crippen LogP contribution in [0.2, 0.25) is 0 Å². The average molecular weight is 252 g/mol. The van der Waals surface area contributed by atoms with Gasteiger partial charge in [0.05, 0.1) is 7.11 Å². The lowest BCUT2D eigenvalue weighted by Crippen LogP contribution is -1.93. The first kappa shape index (κ1) is 11.7. The number of nitrogens with zero attached hydrogens (tertiary/aromatic N) is 1. The Labute approximate surface area is 103 Å². The first-order valence-corrected chi connectivity index (χ1v) is 5.32. The van der Waals surface area contributed by atoms with E-state index in [4.69, 9.17) is 20.9 Å². The third-order valence-corrected chi connectivity index (χ3v) is 2.59. The summed E-state index contributed by atoms with van der Waals surface area (Å²) < 4.78 is 10.1. The molecular formula is C12H10ClNO3. The largest absolute Gasteiger partial charge is 0.497 e. The van der Waals surface area contributed by atoms with Crippen LogP contribution >= 0.6 is 11.6 Å². The second kappa shape index (κ2) is 4.59. The molecule has 0 saturated heterocycles. The number of ether oxygens (including phenoxy) is 1. The zero-order valence-electron chi connectivity index (χ0n) is 9.36. The molecule has 0 amide bonds. The molecule has 0 spiro atoms. The highest BCUT2D eigenvalue weighted by Gasteiger charge is 2.20. The molecule has 0 fully saturated rings. The first-order valence-electron chi connectivity index (χ1n) is 4.94. The van der Waals surface area contributed by atoms with E-state index in [9.17, 15) is 4.79 Å². The molecule has 1 aromatic heterocycles. The normalized spacial score (nSPS) is 10.3. The minimum atomic E-state index is -0.582. The maximum Gasteiger partial charge on any atom is 0.258 e. The smallest absolute Gasteiger partial charge is 0.258 e. The summed E-state index contributed by atoms with van der Waals surface area (Å²) in [7, 11) is 1.57. The highest BCUT2D eigenvalue weighted by Crippen LogP contribution is 2.28. The van der Waals surface area contributed by atoms with Gasteiger partial charge in [-0.1, -0.05) is 17.3 Å². The summed E-state index contributed by atoms with van der Waals surface area (Å²) in [6.07, 6.45) is 0. The van der Waals surface area contributed by atoms with Crippen molar-refractivity contribution in [2.24, 2.45) is 0 Å². The van der Waals surface area contributed by atoms with Gasteiger partial charge in [0.15, 0.2) is 0 Å². The van der Waals surface area contributed by atoms with Crippen molar-refractivity contribution >= 4 is 16.8 Å². The zero-order chi connectivity index (χ0) is 12.4. The van der Waals surface area contributed by atoms with Crippen molar-refractivity contribution in [3.8, 4) is 17.0 Å². The van der Waals surface area contributed by atoms with Crippen LogP contribution < -0.4 is 4.74 Å². The fourth-order valence-electron chi connectivity index (χ4n) is 1.57. The Hall–Kier alpha value is -1.81. The Kier molecular flexibility index (Phi) is 3.15. The maximum atomic E-state index is 11.3. The molecule has 0 unspecified atom stereocenters. The summed E-state index contributed by atoms with van der Waals surface area (Å²) >= 11 is 5.51. The van der Waals surface area contributed by atoms with E-state index in [1.165, 1.54) is 0 Å². The number of methoxy groups -OCH3 is 1. The first-order chi connectivity index (χ1) is 8.13. The third kappa shape index (κ3) is 2.17. The minimum absolute atomic E-state index is 0.292. The summed E-state index contributed by atoms with van der Waals surface area (Å²) in [6, 6.07) is 7.18. The van der Waals surface area contributed by atoms with Crippen LogP contribution in [-0.4, -0.2) is 17.5 Å². The molecule has 0 aliphatic heterocycles. The van der Waals surface area contributed by atoms with Gasteiger partial charge in [0, 0.05) is 5.56 Å². The van der Waals surface area contributed by atoms with Crippen LogP contribution in [0.15, 0.2) is 28.8 Å². The summed E-state index contributed by atoms with van der Waals surface area (Å²) in [5.41, 5.74) is 1.45. The van der Waals surface area contributed by atoms with Crippen LogP contribution in [0.1, 0.15) is 16.1 Å². The van der Waals surface area contributed by atoms with Crippen LogP contribution in [0.5, 0.6) is 5.75 Å². The molecule has 0 saturated carbocycles. The quantitative estimate of drug-likeness (QED) is 0.787. The number of aryl methyl sites for hydroxylation is 1. The lowest BCUT2D eigenvalue weighted by atomic mass is 10.1. The van der Waals surface area contributed by atoms with Crippen molar-refractivity contribution in [3.63, 3.8) is 0 Å². The number of hydrogen-bond acceptors (Lipinski definition) is 4. The third-order valence-electron chi connectivity index (χ3n) is 2.40. The Balaban J connectivity index is 2.56. The topological polar surface area (TPSA) is 52.3 Å². The van der Waals surface area contributed by atoms with Crippen molar-refractivity contribution in [2.45, 2.75) is 6.92 Å². The molecule has 4 nitrogen and oxygen atoms in total. The molecule has 0 radical (unpaired) electrons. The number of benzene rings is 1. The number of rotatable bonds is 3. The van der Waals surface area contributed by atoms with Crippen molar-refractivity contribution < 1.29 is 14.1 Å². The molecule has 0 bridgehead atoms. The SMILES string of the molecule is COc1cccc(-c2noc(C)c2C(=O)Cl)c1. The van der Waals surface area contributed by atoms with Crippen molar-refractivity contribution in [3.05, 3.63) is 35.6 Å². The molecule has 1 heterocycles. The molecule has 0 aliphatic carbocycles. The molecule has 0 atom stereocenters. The van der Waals surface area contributed by atoms with E-state index in [0.717, 1.165) is 5.56 Å². The van der Waals surface area contributed by atoms with Crippen LogP contribution in [0.3, 0.4) is 0 Å². The van der Waals surface area contributed by atoms with Gasteiger partial charge in [-0.25, -0.2) is 0 Å². The fraction of sp³-hybridized carbons (Fsp3) is 0.167. The van der Waals surface area contributed by atoms with Crippen LogP contribution in [-0.2, 0) is 0 Å². The van der Waals surface area contributed by atoms with Gasteiger partial charge in [0.25, 0.3) is 5.24 Å². The Morgan fingerprint density at radius 2 is 2.24 bits per heavy atom. The highest BCUT2D eigenvalue weighted by atomic mass is 35.5. The van der Waals surface area contributed by atoms with Gasteiger partial charge in [-0.15, -0.1) is 0 Å². The van der Waals surface area contributed by atoms with Crippen LogP contribution in [0, 0.1) is 6.92 Å². The van der Waals surface area contributed by atoms with Crippen molar-refractivity contribution in [1.29, 1.82) is 0 Å². The summed E-state index contributed by atoms with van der Waals surface area (Å²) in [6.45, 7) is 1.65. The van der Waals surface area contributed by atoms with Gasteiger partial charge in [0.2, 0.25) is 0 Å². The lowest BCUT2D eigenvalue weighted by Gasteiger charge is -2.02. The highest BCUT2D eigenvalue weighted by molar-refractivity contribution is 6.68. The molecule has 2 rings (SSSR count). The standard InChI is InChI=1S/C12H10ClNO3/c1-7-10(12(13)15)11(14-17-7)8-4-3-5-9(6-8)16-2/h3-6H,1-2H3. The van der Waals surface area contributed by atoms with E-state index in [-0.39, 0.29) is 0 Å². The summed E-state index contributed by atoms with van der Waals surface area (Å²) in [5, 5.41) is 3.26. The monoisotopic (exact) mass is 251 g/mol. The number of halogens is 1. The van der Waals surface area contributed by atoms with Gasteiger partial charge < -0.3 is 9.26 Å². The van der Waals surface area contributed by atoms with E-state index in [1.54, 1.807) is 32.2 Å². The molecule has 2 aromatic rings. The molecule has 1 aromatic carbocycles. The molecular weight excluding hydrogens is 242 g/mol. The van der Waals surface area contributed by atoms with E-state index in [2.05, 4.69) is 5.16 Å². The Bertz CT molecular complexity index is 563. The Morgan fingerprint density at radius 1 is 1.47 bits per heavy atom. The molecule has 0 N–H and O–H groups in total. The maximum absolute atomic E-state index is 11.3. The molecule has 0 aliphatic rings. The van der Waals surface area contributed by atoms with Crippen LogP contribution in [0.25, 0.3) is 11.3 Å². The van der Waals surface area contributed by atoms with E-state index >= 15 is 0 Å². The number of aromatic nitrogens is 1. The molecule has 88 valence electrons. The van der Waals surface area contributed by atoms with Gasteiger partial charge in [-0.3, -0.25) is 4.79 Å². The Morgan fingerprint density at radius 3 is 2.88 bits per heavy atom. The number of hydrogen-bond donors (Lipinski definition) is 0. The average Bonchev–Trinajstić information content (AvgIpc) is 2.71. The minimum Gasteiger partial charge on any atom is -0.497 e. The predicted octanol–water partition coefficient (Wildman–Crippen LogP) is 3.04. The second-order valence-corrected chi connectivity index (χ2v) is 3.81. The van der Waals surface area contributed by atoms with E-state index < -0.39 is 5.24 Å². The van der Waals surface area contributed by atoms with Crippen molar-refractivity contribution in [2.75, 3.05) is 7.11 Å².